The average molecular weight is 568 g/mol. The second kappa shape index (κ2) is 13.6. The van der Waals surface area contributed by atoms with Gasteiger partial charge in [-0.3, -0.25) is 13.9 Å². The van der Waals surface area contributed by atoms with E-state index in [-0.39, 0.29) is 24.9 Å². The Morgan fingerprint density at radius 3 is 2.17 bits per heavy atom. The van der Waals surface area contributed by atoms with Gasteiger partial charge in [0.05, 0.1) is 11.9 Å². The molecule has 2 atom stereocenters. The van der Waals surface area contributed by atoms with Crippen molar-refractivity contribution < 1.29 is 22.4 Å². The molecule has 0 unspecified atom stereocenters. The maximum atomic E-state index is 14.1. The van der Waals surface area contributed by atoms with E-state index >= 15 is 0 Å². The van der Waals surface area contributed by atoms with Gasteiger partial charge in [0.2, 0.25) is 21.8 Å². The summed E-state index contributed by atoms with van der Waals surface area (Å²) in [7, 11) is -3.85. The summed E-state index contributed by atoms with van der Waals surface area (Å²) < 4.78 is 40.6. The van der Waals surface area contributed by atoms with Gasteiger partial charge in [-0.15, -0.1) is 0 Å². The smallest absolute Gasteiger partial charge is 0.244 e. The van der Waals surface area contributed by atoms with Crippen molar-refractivity contribution in [3.63, 3.8) is 0 Å². The monoisotopic (exact) mass is 567 g/mol. The molecule has 0 fully saturated rings. The van der Waals surface area contributed by atoms with E-state index in [2.05, 4.69) is 5.32 Å². The summed E-state index contributed by atoms with van der Waals surface area (Å²) in [6.45, 7) is 7.03. The molecule has 1 N–H and O–H groups in total. The molecule has 0 aliphatic rings. The molecule has 40 heavy (non-hydrogen) atoms. The summed E-state index contributed by atoms with van der Waals surface area (Å²) in [5, 5.41) is 2.99. The highest BCUT2D eigenvalue weighted by atomic mass is 32.2. The molecule has 0 saturated carbocycles. The van der Waals surface area contributed by atoms with Gasteiger partial charge in [0.15, 0.2) is 0 Å². The fourth-order valence-electron chi connectivity index (χ4n) is 4.46. The molecule has 0 heterocycles. The van der Waals surface area contributed by atoms with Crippen LogP contribution in [0.2, 0.25) is 0 Å². The number of anilines is 1. The van der Waals surface area contributed by atoms with Crippen molar-refractivity contribution in [1.82, 2.24) is 10.2 Å². The van der Waals surface area contributed by atoms with Gasteiger partial charge in [0.25, 0.3) is 0 Å². The van der Waals surface area contributed by atoms with Gasteiger partial charge in [0, 0.05) is 19.0 Å². The third-order valence-electron chi connectivity index (χ3n) is 6.84. The lowest BCUT2D eigenvalue weighted by atomic mass is 10.0. The number of hydrogen-bond acceptors (Lipinski definition) is 4. The fourth-order valence-corrected chi connectivity index (χ4v) is 5.37. The highest BCUT2D eigenvalue weighted by molar-refractivity contribution is 7.92. The maximum absolute atomic E-state index is 14.1. The summed E-state index contributed by atoms with van der Waals surface area (Å²) in [5.74, 6) is -1.31. The molecule has 3 aromatic carbocycles. The number of rotatable bonds is 12. The van der Waals surface area contributed by atoms with Crippen LogP contribution in [0.25, 0.3) is 0 Å². The van der Waals surface area contributed by atoms with Crippen molar-refractivity contribution in [3.05, 3.63) is 101 Å². The number of amides is 2. The van der Waals surface area contributed by atoms with Crippen LogP contribution in [0.5, 0.6) is 0 Å². The molecule has 0 spiro atoms. The molecule has 214 valence electrons. The van der Waals surface area contributed by atoms with Crippen LogP contribution in [0.4, 0.5) is 10.1 Å². The molecule has 0 radical (unpaired) electrons. The Bertz CT molecular complexity index is 1410. The average Bonchev–Trinajstić information content (AvgIpc) is 2.90. The third-order valence-corrected chi connectivity index (χ3v) is 7.96. The van der Waals surface area contributed by atoms with E-state index in [9.17, 15) is 22.4 Å². The number of carbonyl (C=O) groups excluding carboxylic acids is 2. The molecule has 0 bridgehead atoms. The summed E-state index contributed by atoms with van der Waals surface area (Å²) in [6.07, 6.45) is 1.98. The van der Waals surface area contributed by atoms with Gasteiger partial charge < -0.3 is 10.2 Å². The van der Waals surface area contributed by atoms with Crippen LogP contribution in [0, 0.1) is 19.7 Å². The van der Waals surface area contributed by atoms with Crippen LogP contribution in [0.15, 0.2) is 72.8 Å². The topological polar surface area (TPSA) is 86.8 Å². The minimum atomic E-state index is -3.85. The van der Waals surface area contributed by atoms with Crippen molar-refractivity contribution in [3.8, 4) is 0 Å². The molecule has 9 heteroatoms. The predicted molar refractivity (Wildman–Crippen MR) is 157 cm³/mol. The fraction of sp³-hybridized carbons (Fsp3) is 0.355. The van der Waals surface area contributed by atoms with E-state index < -0.39 is 34.3 Å². The lowest BCUT2D eigenvalue weighted by Crippen LogP contribution is -2.54. The second-order valence-electron chi connectivity index (χ2n) is 10.2. The Kier molecular flexibility index (Phi) is 10.5. The van der Waals surface area contributed by atoms with Crippen molar-refractivity contribution in [2.45, 2.75) is 59.2 Å². The molecule has 0 aromatic heterocycles. The predicted octanol–water partition coefficient (Wildman–Crippen LogP) is 4.76. The van der Waals surface area contributed by atoms with Crippen LogP contribution in [0.3, 0.4) is 0 Å². The standard InChI is InChI=1S/C31H38FN3O4S/c1-6-24(4)33-31(37)29(19-25-10-8-7-9-11-25)34(20-26-13-15-27(32)16-14-26)30(36)21-35(40(5,38)39)28-17-12-22(2)18-23(28)3/h7-18,24,29H,6,19-21H2,1-5H3,(H,33,37)/t24-,29+/m1/s1. The van der Waals surface area contributed by atoms with Crippen LogP contribution in [0.1, 0.15) is 42.5 Å². The van der Waals surface area contributed by atoms with Gasteiger partial charge in [-0.05, 0) is 62.1 Å². The minimum absolute atomic E-state index is 0.00494. The Hall–Kier alpha value is -3.72. The van der Waals surface area contributed by atoms with Crippen molar-refractivity contribution in [2.24, 2.45) is 0 Å². The lowest BCUT2D eigenvalue weighted by Gasteiger charge is -2.34. The summed E-state index contributed by atoms with van der Waals surface area (Å²) in [5.41, 5.74) is 3.52. The molecule has 2 amide bonds. The summed E-state index contributed by atoms with van der Waals surface area (Å²) in [6, 6.07) is 19.3. The molecular weight excluding hydrogens is 529 g/mol. The molecule has 7 nitrogen and oxygen atoms in total. The van der Waals surface area contributed by atoms with E-state index in [1.807, 2.05) is 57.2 Å². The van der Waals surface area contributed by atoms with Gasteiger partial charge >= 0.3 is 0 Å². The van der Waals surface area contributed by atoms with Gasteiger partial charge in [-0.25, -0.2) is 12.8 Å². The van der Waals surface area contributed by atoms with E-state index in [1.165, 1.54) is 17.0 Å². The van der Waals surface area contributed by atoms with Gasteiger partial charge in [0.1, 0.15) is 18.4 Å². The second-order valence-corrected chi connectivity index (χ2v) is 12.1. The van der Waals surface area contributed by atoms with Crippen molar-refractivity contribution in [1.29, 1.82) is 0 Å². The van der Waals surface area contributed by atoms with E-state index in [1.54, 1.807) is 31.2 Å². The zero-order valence-corrected chi connectivity index (χ0v) is 24.5. The molecule has 3 rings (SSSR count). The van der Waals surface area contributed by atoms with Gasteiger partial charge in [-0.1, -0.05) is 67.1 Å². The normalized spacial score (nSPS) is 12.8. The molecule has 0 aliphatic heterocycles. The largest absolute Gasteiger partial charge is 0.352 e. The zero-order chi connectivity index (χ0) is 29.4. The number of hydrogen-bond donors (Lipinski definition) is 1. The summed E-state index contributed by atoms with van der Waals surface area (Å²) >= 11 is 0. The van der Waals surface area contributed by atoms with Crippen molar-refractivity contribution >= 4 is 27.5 Å². The van der Waals surface area contributed by atoms with E-state index in [0.717, 1.165) is 21.7 Å². The SMILES string of the molecule is CC[C@@H](C)NC(=O)[C@H](Cc1ccccc1)N(Cc1ccc(F)cc1)C(=O)CN(c1ccc(C)cc1C)S(C)(=O)=O. The zero-order valence-electron chi connectivity index (χ0n) is 23.7. The first-order valence-electron chi connectivity index (χ1n) is 13.3. The number of carbonyl (C=O) groups is 2. The molecule has 3 aromatic rings. The lowest BCUT2D eigenvalue weighted by molar-refractivity contribution is -0.140. The van der Waals surface area contributed by atoms with E-state index in [4.69, 9.17) is 0 Å². The van der Waals surface area contributed by atoms with Crippen LogP contribution >= 0.6 is 0 Å². The van der Waals surface area contributed by atoms with Crippen LogP contribution < -0.4 is 9.62 Å². The number of sulfonamides is 1. The Labute approximate surface area is 237 Å². The molecule has 0 aliphatic carbocycles. The first kappa shape index (κ1) is 30.8. The molecule has 0 saturated heterocycles. The molecular formula is C31H38FN3O4S. The number of aryl methyl sites for hydroxylation is 2. The highest BCUT2D eigenvalue weighted by Crippen LogP contribution is 2.25. The van der Waals surface area contributed by atoms with Crippen LogP contribution in [-0.2, 0) is 32.6 Å². The first-order chi connectivity index (χ1) is 18.9. The number of nitrogens with zero attached hydrogens (tertiary/aromatic N) is 2. The maximum Gasteiger partial charge on any atom is 0.244 e. The summed E-state index contributed by atoms with van der Waals surface area (Å²) in [4.78, 5) is 29.1. The quantitative estimate of drug-likeness (QED) is 0.342. The third kappa shape index (κ3) is 8.39. The highest BCUT2D eigenvalue weighted by Gasteiger charge is 2.33. The Morgan fingerprint density at radius 1 is 0.950 bits per heavy atom. The Morgan fingerprint density at radius 2 is 1.60 bits per heavy atom. The first-order valence-corrected chi connectivity index (χ1v) is 15.2. The number of nitrogens with one attached hydrogen (secondary N) is 1. The number of benzene rings is 3. The number of halogens is 1. The minimum Gasteiger partial charge on any atom is -0.352 e. The Balaban J connectivity index is 2.07. The van der Waals surface area contributed by atoms with Crippen LogP contribution in [-0.4, -0.2) is 50.0 Å². The van der Waals surface area contributed by atoms with Crippen molar-refractivity contribution in [2.75, 3.05) is 17.1 Å². The van der Waals surface area contributed by atoms with Gasteiger partial charge in [-0.2, -0.15) is 0 Å². The van der Waals surface area contributed by atoms with E-state index in [0.29, 0.717) is 23.2 Å².